The van der Waals surface area contributed by atoms with Crippen molar-refractivity contribution in [3.8, 4) is 0 Å². The van der Waals surface area contributed by atoms with E-state index in [2.05, 4.69) is 159 Å². The van der Waals surface area contributed by atoms with Crippen molar-refractivity contribution in [2.75, 3.05) is 0 Å². The molecule has 0 aromatic heterocycles. The third-order valence-corrected chi connectivity index (χ3v) is 44.0. The van der Waals surface area contributed by atoms with Gasteiger partial charge < -0.3 is 23.3 Å². The van der Waals surface area contributed by atoms with Crippen LogP contribution in [0.25, 0.3) is 0 Å². The average Bonchev–Trinajstić information content (AvgIpc) is 2.61. The average molecular weight is 899 g/mol. The second kappa shape index (κ2) is 18.5. The Hall–Kier alpha value is 3.79. The third-order valence-electron chi connectivity index (χ3n) is 7.20. The summed E-state index contributed by atoms with van der Waals surface area (Å²) in [5.74, 6) is 0. The van der Waals surface area contributed by atoms with Crippen molar-refractivity contribution >= 4 is 145 Å². The van der Waals surface area contributed by atoms with E-state index in [1.54, 1.807) is 46.2 Å². The Morgan fingerprint density at radius 1 is 0.463 bits per heavy atom. The van der Waals surface area contributed by atoms with Crippen molar-refractivity contribution in [3.63, 3.8) is 0 Å². The first-order chi connectivity index (χ1) is 17.6. The van der Waals surface area contributed by atoms with E-state index >= 15 is 0 Å². The molecule has 41 heavy (non-hydrogen) atoms. The Morgan fingerprint density at radius 2 is 0.707 bits per heavy atom. The van der Waals surface area contributed by atoms with Gasteiger partial charge in [-0.2, -0.15) is 0 Å². The van der Waals surface area contributed by atoms with Crippen molar-refractivity contribution in [2.24, 2.45) is 0 Å². The van der Waals surface area contributed by atoms with Gasteiger partial charge in [-0.3, -0.25) is 19.7 Å². The standard InChI is InChI=1S/C27H59Si6.H2S7.Sb/c1-28(2,3)25(29(4,5)6)22-19-23(26(30(7,8)9)31(10,11)12)21-24(20-22)27(32(13,14)15)33(16,17)18;1-3-5-7-6-4-2;/h19-20,25-27H,1-18H3;1-2H;/p-2. The van der Waals surface area contributed by atoms with Crippen molar-refractivity contribution in [1.29, 1.82) is 0 Å². The first kappa shape index (κ1) is 46.9. The normalized spacial score (nSPS) is 13.8. The molecule has 0 saturated heterocycles. The molecule has 0 aliphatic carbocycles. The molecule has 1 aromatic carbocycles. The zero-order valence-corrected chi connectivity index (χ0v) is 43.5. The maximum absolute atomic E-state index is 4.57. The molecule has 0 atom stereocenters. The van der Waals surface area contributed by atoms with E-state index in [1.807, 2.05) is 0 Å². The quantitative estimate of drug-likeness (QED) is 0.0826. The van der Waals surface area contributed by atoms with Crippen LogP contribution in [0.2, 0.25) is 118 Å². The predicted octanol–water partition coefficient (Wildman–Crippen LogP) is 12.9. The van der Waals surface area contributed by atoms with Crippen LogP contribution in [0.3, 0.4) is 0 Å². The molecular weight excluding hydrogens is 839 g/mol. The summed E-state index contributed by atoms with van der Waals surface area (Å²) < 4.78 is 0. The van der Waals surface area contributed by atoms with E-state index < -0.39 is 48.4 Å². The van der Waals surface area contributed by atoms with Crippen LogP contribution in [0, 0.1) is 6.07 Å². The molecule has 0 nitrogen and oxygen atoms in total. The molecule has 240 valence electrons. The molecule has 0 bridgehead atoms. The van der Waals surface area contributed by atoms with Gasteiger partial charge in [0.25, 0.3) is 0 Å². The molecule has 0 aliphatic heterocycles. The Morgan fingerprint density at radius 3 is 0.902 bits per heavy atom. The van der Waals surface area contributed by atoms with Crippen LogP contribution in [0.5, 0.6) is 0 Å². The molecule has 0 aliphatic rings. The zero-order valence-electron chi connectivity index (χ0n) is 29.2. The summed E-state index contributed by atoms with van der Waals surface area (Å²) in [6.45, 7) is 47.0. The Labute approximate surface area is 309 Å². The maximum atomic E-state index is 4.57. The van der Waals surface area contributed by atoms with E-state index in [0.717, 1.165) is 15.5 Å². The molecule has 0 N–H and O–H groups in total. The second-order valence-electron chi connectivity index (χ2n) is 17.7. The molecule has 0 amide bonds. The summed E-state index contributed by atoms with van der Waals surface area (Å²) in [4.78, 5) is 0. The van der Waals surface area contributed by atoms with Crippen LogP contribution < -0.4 is 0 Å². The molecule has 0 saturated carbocycles. The van der Waals surface area contributed by atoms with E-state index in [0.29, 0.717) is 0 Å². The fraction of sp³-hybridized carbons (Fsp3) is 0.778. The minimum atomic E-state index is -1.39. The van der Waals surface area contributed by atoms with Gasteiger partial charge in [-0.15, -0.1) is 0 Å². The first-order valence-corrected chi connectivity index (χ1v) is 43.7. The van der Waals surface area contributed by atoms with Crippen LogP contribution in [-0.4, -0.2) is 72.9 Å². The van der Waals surface area contributed by atoms with E-state index in [-0.39, 0.29) is 24.4 Å². The van der Waals surface area contributed by atoms with Gasteiger partial charge in [0.05, 0.1) is 0 Å². The maximum Gasteiger partial charge on any atom is 0.0493 e. The number of hydrogen-bond donors (Lipinski definition) is 0. The van der Waals surface area contributed by atoms with Gasteiger partial charge >= 0.3 is 0 Å². The Kier molecular flexibility index (Phi) is 21.2. The fourth-order valence-corrected chi connectivity index (χ4v) is 54.0. The first-order valence-electron chi connectivity index (χ1n) is 14.3. The Bertz CT molecular complexity index is 744. The van der Waals surface area contributed by atoms with Crippen molar-refractivity contribution in [2.45, 2.75) is 133 Å². The fourth-order valence-electron chi connectivity index (χ4n) is 7.91. The van der Waals surface area contributed by atoms with Gasteiger partial charge in [-0.1, -0.05) is 130 Å². The van der Waals surface area contributed by atoms with Gasteiger partial charge in [0.15, 0.2) is 0 Å². The molecule has 0 unspecified atom stereocenters. The molecule has 0 fully saturated rings. The van der Waals surface area contributed by atoms with E-state index in [9.17, 15) is 0 Å². The van der Waals surface area contributed by atoms with Crippen LogP contribution in [0.1, 0.15) is 32.2 Å². The SMILES string of the molecule is C[Si](C)(C)C(c1[c]c(C([Si](C)(C)C)[Si](C)(C)C)cc(C([Si](C)(C)C)[Si](C)(C)C)c1)[Si](C)(C)C.[S-]SSSSS[S-].[Sb]. The van der Waals surface area contributed by atoms with Crippen molar-refractivity contribution < 1.29 is 0 Å². The summed E-state index contributed by atoms with van der Waals surface area (Å²) in [5, 5.41) is 2.32. The van der Waals surface area contributed by atoms with Gasteiger partial charge in [0, 0.05) is 72.9 Å². The third kappa shape index (κ3) is 16.6. The van der Waals surface area contributed by atoms with Crippen LogP contribution in [0.4, 0.5) is 0 Å². The van der Waals surface area contributed by atoms with Crippen LogP contribution in [0.15, 0.2) is 12.1 Å². The predicted molar refractivity (Wildman–Crippen MR) is 232 cm³/mol. The summed E-state index contributed by atoms with van der Waals surface area (Å²) in [6, 6.07) is 9.65. The van der Waals surface area contributed by atoms with E-state index in [4.69, 9.17) is 0 Å². The molecule has 0 heterocycles. The summed E-state index contributed by atoms with van der Waals surface area (Å²) >= 11 is 9.14. The number of benzene rings is 1. The monoisotopic (exact) mass is 896 g/mol. The number of rotatable bonds is 13. The molecule has 1 aromatic rings. The topological polar surface area (TPSA) is 0 Å². The summed E-state index contributed by atoms with van der Waals surface area (Å²) in [7, 11) is -0.917. The second-order valence-corrected chi connectivity index (χ2v) is 60.1. The van der Waals surface area contributed by atoms with Crippen LogP contribution >= 0.6 is 49.1 Å². The zero-order chi connectivity index (χ0) is 32.1. The smallest absolute Gasteiger partial charge is 0.0493 e. The molecule has 4 radical (unpaired) electrons. The van der Waals surface area contributed by atoms with E-state index in [1.165, 1.54) is 19.7 Å². The largest absolute Gasteiger partial charge is 0.706 e. The molecule has 14 heteroatoms. The van der Waals surface area contributed by atoms with Crippen molar-refractivity contribution in [1.82, 2.24) is 0 Å². The van der Waals surface area contributed by atoms with Gasteiger partial charge in [-0.25, -0.2) is 0 Å². The molecule has 0 spiro atoms. The number of hydrogen-bond acceptors (Lipinski definition) is 7. The minimum absolute atomic E-state index is 0. The Balaban J connectivity index is 0. The van der Waals surface area contributed by atoms with Gasteiger partial charge in [0.1, 0.15) is 0 Å². The molecular formula is C27H59S7SbSi6-2. The molecule has 1 rings (SSSR count). The summed E-state index contributed by atoms with van der Waals surface area (Å²) in [5.41, 5.74) is 4.94. The van der Waals surface area contributed by atoms with Crippen molar-refractivity contribution in [3.05, 3.63) is 34.9 Å². The van der Waals surface area contributed by atoms with Gasteiger partial charge in [0.2, 0.25) is 0 Å². The van der Waals surface area contributed by atoms with Crippen LogP contribution in [-0.2, 0) is 23.3 Å². The minimum Gasteiger partial charge on any atom is -0.706 e. The van der Waals surface area contributed by atoms with Gasteiger partial charge in [-0.05, 0) is 67.7 Å². The summed E-state index contributed by atoms with van der Waals surface area (Å²) in [6.07, 6.45) is 0.